The fourth-order valence-corrected chi connectivity index (χ4v) is 2.95. The summed E-state index contributed by atoms with van der Waals surface area (Å²) in [5.41, 5.74) is 2.24. The van der Waals surface area contributed by atoms with Crippen molar-refractivity contribution in [3.8, 4) is 0 Å². The predicted octanol–water partition coefficient (Wildman–Crippen LogP) is 2.21. The lowest BCUT2D eigenvalue weighted by Crippen LogP contribution is -2.30. The van der Waals surface area contributed by atoms with Crippen LogP contribution in [0.5, 0.6) is 0 Å². The summed E-state index contributed by atoms with van der Waals surface area (Å²) in [6.45, 7) is 7.89. The largest absolute Gasteiger partial charge is 0.356 e. The Morgan fingerprint density at radius 2 is 2.14 bits per heavy atom. The monoisotopic (exact) mass is 328 g/mol. The third kappa shape index (κ3) is 6.36. The summed E-state index contributed by atoms with van der Waals surface area (Å²) < 4.78 is 2.01. The van der Waals surface area contributed by atoms with Crippen LogP contribution in [0.2, 0.25) is 0 Å². The van der Waals surface area contributed by atoms with E-state index in [1.54, 1.807) is 0 Å². The molecule has 0 aliphatic carbocycles. The number of carbonyl (C=O) groups excluding carboxylic acids is 1. The average molecular weight is 329 g/mol. The molecule has 0 spiro atoms. The lowest BCUT2D eigenvalue weighted by molar-refractivity contribution is -0.121. The first-order chi connectivity index (χ1) is 10.1. The van der Waals surface area contributed by atoms with Crippen LogP contribution in [0.3, 0.4) is 0 Å². The maximum atomic E-state index is 11.8. The summed E-state index contributed by atoms with van der Waals surface area (Å²) >= 11 is 0. The molecule has 2 heterocycles. The Kier molecular flexibility index (Phi) is 8.49. The van der Waals surface area contributed by atoms with Gasteiger partial charge in [0.1, 0.15) is 0 Å². The van der Waals surface area contributed by atoms with Gasteiger partial charge in [-0.15, -0.1) is 12.4 Å². The first-order valence-corrected chi connectivity index (χ1v) is 8.13. The Labute approximate surface area is 139 Å². The van der Waals surface area contributed by atoms with E-state index in [1.165, 1.54) is 18.5 Å². The fraction of sp³-hybridized carbons (Fsp3) is 0.750. The van der Waals surface area contributed by atoms with Gasteiger partial charge in [-0.05, 0) is 64.6 Å². The summed E-state index contributed by atoms with van der Waals surface area (Å²) in [7, 11) is 0. The Morgan fingerprint density at radius 1 is 1.41 bits per heavy atom. The second-order valence-electron chi connectivity index (χ2n) is 6.09. The quantitative estimate of drug-likeness (QED) is 0.754. The number of halogens is 1. The second-order valence-corrected chi connectivity index (χ2v) is 6.09. The van der Waals surface area contributed by atoms with Crippen LogP contribution >= 0.6 is 12.4 Å². The van der Waals surface area contributed by atoms with Crippen LogP contribution in [0.25, 0.3) is 0 Å². The molecule has 1 aromatic heterocycles. The van der Waals surface area contributed by atoms with Gasteiger partial charge in [0, 0.05) is 25.2 Å². The van der Waals surface area contributed by atoms with Crippen LogP contribution in [0.15, 0.2) is 6.07 Å². The number of carbonyl (C=O) groups is 1. The number of aryl methyl sites for hydroxylation is 3. The number of hydrogen-bond acceptors (Lipinski definition) is 3. The van der Waals surface area contributed by atoms with Gasteiger partial charge in [-0.2, -0.15) is 5.10 Å². The van der Waals surface area contributed by atoms with Gasteiger partial charge in [-0.3, -0.25) is 9.48 Å². The summed E-state index contributed by atoms with van der Waals surface area (Å²) in [6, 6.07) is 2.08. The standard InChI is InChI=1S/C16H28N4O.ClH/c1-13-12-14(2)20(19-13)11-3-8-18-16(21)5-4-15-6-9-17-10-7-15;/h12,15,17H,3-11H2,1-2H3,(H,18,21);1H. The van der Waals surface area contributed by atoms with E-state index in [1.807, 2.05) is 11.6 Å². The zero-order valence-corrected chi connectivity index (χ0v) is 14.5. The molecule has 1 aromatic rings. The summed E-state index contributed by atoms with van der Waals surface area (Å²) in [6.07, 6.45) is 5.06. The van der Waals surface area contributed by atoms with E-state index >= 15 is 0 Å². The van der Waals surface area contributed by atoms with Gasteiger partial charge in [0.05, 0.1) is 5.69 Å². The molecule has 6 heteroatoms. The summed E-state index contributed by atoms with van der Waals surface area (Å²) in [4.78, 5) is 11.8. The van der Waals surface area contributed by atoms with Crippen LogP contribution in [-0.4, -0.2) is 35.3 Å². The molecule has 0 atom stereocenters. The molecule has 1 aliphatic heterocycles. The van der Waals surface area contributed by atoms with E-state index in [0.29, 0.717) is 6.42 Å². The highest BCUT2D eigenvalue weighted by Crippen LogP contribution is 2.17. The molecule has 0 bridgehead atoms. The molecule has 1 saturated heterocycles. The normalized spacial score (nSPS) is 15.4. The molecule has 0 aromatic carbocycles. The molecule has 1 amide bonds. The van der Waals surface area contributed by atoms with E-state index in [9.17, 15) is 4.79 Å². The fourth-order valence-electron chi connectivity index (χ4n) is 2.95. The number of piperidine rings is 1. The molecule has 5 nitrogen and oxygen atoms in total. The molecule has 0 saturated carbocycles. The van der Waals surface area contributed by atoms with Gasteiger partial charge < -0.3 is 10.6 Å². The van der Waals surface area contributed by atoms with E-state index in [0.717, 1.165) is 50.6 Å². The summed E-state index contributed by atoms with van der Waals surface area (Å²) in [5.74, 6) is 0.925. The van der Waals surface area contributed by atoms with Gasteiger partial charge in [-0.25, -0.2) is 0 Å². The Bertz CT molecular complexity index is 455. The van der Waals surface area contributed by atoms with Gasteiger partial charge in [0.25, 0.3) is 0 Å². The minimum Gasteiger partial charge on any atom is -0.356 e. The van der Waals surface area contributed by atoms with Crippen molar-refractivity contribution in [1.29, 1.82) is 0 Å². The van der Waals surface area contributed by atoms with Gasteiger partial charge >= 0.3 is 0 Å². The molecule has 2 N–H and O–H groups in total. The van der Waals surface area contributed by atoms with Crippen molar-refractivity contribution in [2.45, 2.75) is 52.5 Å². The zero-order chi connectivity index (χ0) is 15.1. The molecule has 2 rings (SSSR count). The van der Waals surface area contributed by atoms with Crippen LogP contribution in [0.1, 0.15) is 43.5 Å². The molecule has 0 radical (unpaired) electrons. The second kappa shape index (κ2) is 9.85. The van der Waals surface area contributed by atoms with Crippen molar-refractivity contribution in [3.05, 3.63) is 17.5 Å². The van der Waals surface area contributed by atoms with Crippen molar-refractivity contribution in [1.82, 2.24) is 20.4 Å². The third-order valence-corrected chi connectivity index (χ3v) is 4.21. The van der Waals surface area contributed by atoms with Crippen LogP contribution in [-0.2, 0) is 11.3 Å². The van der Waals surface area contributed by atoms with Crippen LogP contribution in [0.4, 0.5) is 0 Å². The SMILES string of the molecule is Cc1cc(C)n(CCCNC(=O)CCC2CCNCC2)n1.Cl. The van der Waals surface area contributed by atoms with Crippen LogP contribution < -0.4 is 10.6 Å². The van der Waals surface area contributed by atoms with Gasteiger partial charge in [-0.1, -0.05) is 0 Å². The predicted molar refractivity (Wildman–Crippen MR) is 91.4 cm³/mol. The lowest BCUT2D eigenvalue weighted by Gasteiger charge is -2.22. The van der Waals surface area contributed by atoms with Crippen molar-refractivity contribution >= 4 is 18.3 Å². The minimum atomic E-state index is 0. The first-order valence-electron chi connectivity index (χ1n) is 8.13. The first kappa shape index (κ1) is 19.0. The van der Waals surface area contributed by atoms with Crippen molar-refractivity contribution in [3.63, 3.8) is 0 Å². The molecular formula is C16H29ClN4O. The number of amides is 1. The van der Waals surface area contributed by atoms with Crippen LogP contribution in [0, 0.1) is 19.8 Å². The van der Waals surface area contributed by atoms with Gasteiger partial charge in [0.15, 0.2) is 0 Å². The van der Waals surface area contributed by atoms with Crippen molar-refractivity contribution < 1.29 is 4.79 Å². The molecule has 22 heavy (non-hydrogen) atoms. The van der Waals surface area contributed by atoms with E-state index in [-0.39, 0.29) is 18.3 Å². The number of nitrogens with zero attached hydrogens (tertiary/aromatic N) is 2. The number of aromatic nitrogens is 2. The van der Waals surface area contributed by atoms with Crippen molar-refractivity contribution in [2.75, 3.05) is 19.6 Å². The van der Waals surface area contributed by atoms with E-state index in [2.05, 4.69) is 28.7 Å². The molecular weight excluding hydrogens is 300 g/mol. The third-order valence-electron chi connectivity index (χ3n) is 4.21. The summed E-state index contributed by atoms with van der Waals surface area (Å²) in [5, 5.41) is 10.8. The molecule has 1 fully saturated rings. The highest BCUT2D eigenvalue weighted by atomic mass is 35.5. The van der Waals surface area contributed by atoms with Crippen molar-refractivity contribution in [2.24, 2.45) is 5.92 Å². The van der Waals surface area contributed by atoms with E-state index < -0.39 is 0 Å². The number of rotatable bonds is 7. The number of nitrogens with one attached hydrogen (secondary N) is 2. The number of hydrogen-bond donors (Lipinski definition) is 2. The molecule has 1 aliphatic rings. The minimum absolute atomic E-state index is 0. The Balaban J connectivity index is 0.00000242. The zero-order valence-electron chi connectivity index (χ0n) is 13.7. The molecule has 0 unspecified atom stereocenters. The van der Waals surface area contributed by atoms with E-state index in [4.69, 9.17) is 0 Å². The molecule has 126 valence electrons. The lowest BCUT2D eigenvalue weighted by atomic mass is 9.93. The smallest absolute Gasteiger partial charge is 0.220 e. The highest BCUT2D eigenvalue weighted by molar-refractivity contribution is 5.85. The van der Waals surface area contributed by atoms with Gasteiger partial charge in [0.2, 0.25) is 5.91 Å². The maximum Gasteiger partial charge on any atom is 0.220 e. The maximum absolute atomic E-state index is 11.8. The highest BCUT2D eigenvalue weighted by Gasteiger charge is 2.14. The average Bonchev–Trinajstić information content (AvgIpc) is 2.80. The Morgan fingerprint density at radius 3 is 2.77 bits per heavy atom. The topological polar surface area (TPSA) is 59.0 Å². The Hall–Kier alpha value is -1.07.